The van der Waals surface area contributed by atoms with Gasteiger partial charge in [0.1, 0.15) is 5.01 Å². The van der Waals surface area contributed by atoms with Crippen LogP contribution in [0.5, 0.6) is 0 Å². The van der Waals surface area contributed by atoms with Gasteiger partial charge < -0.3 is 0 Å². The lowest BCUT2D eigenvalue weighted by Gasteiger charge is -1.99. The summed E-state index contributed by atoms with van der Waals surface area (Å²) in [6.07, 6.45) is 4.66. The topological polar surface area (TPSA) is 64.3 Å². The van der Waals surface area contributed by atoms with E-state index in [-0.39, 0.29) is 0 Å². The SMILES string of the molecule is CS(=O)(=O)c1ccc(-c2nn3ccnc3s2)cc1. The minimum Gasteiger partial charge on any atom is -0.226 e. The highest BCUT2D eigenvalue weighted by Gasteiger charge is 2.10. The van der Waals surface area contributed by atoms with Crippen LogP contribution < -0.4 is 0 Å². The molecule has 2 aromatic heterocycles. The first-order valence-electron chi connectivity index (χ1n) is 5.15. The molecule has 0 saturated heterocycles. The zero-order valence-corrected chi connectivity index (χ0v) is 11.1. The molecule has 0 N–H and O–H groups in total. The van der Waals surface area contributed by atoms with E-state index in [0.717, 1.165) is 15.5 Å². The molecule has 0 radical (unpaired) electrons. The zero-order chi connectivity index (χ0) is 12.8. The van der Waals surface area contributed by atoms with Crippen molar-refractivity contribution in [3.63, 3.8) is 0 Å². The van der Waals surface area contributed by atoms with Crippen LogP contribution in [0.1, 0.15) is 0 Å². The summed E-state index contributed by atoms with van der Waals surface area (Å²) in [5.41, 5.74) is 0.887. The zero-order valence-electron chi connectivity index (χ0n) is 9.44. The lowest BCUT2D eigenvalue weighted by Crippen LogP contribution is -1.96. The number of hydrogen-bond acceptors (Lipinski definition) is 5. The molecule has 0 aliphatic rings. The quantitative estimate of drug-likeness (QED) is 0.718. The van der Waals surface area contributed by atoms with Gasteiger partial charge in [0.25, 0.3) is 0 Å². The van der Waals surface area contributed by atoms with Crippen LogP contribution in [0.25, 0.3) is 15.5 Å². The van der Waals surface area contributed by atoms with Crippen molar-refractivity contribution in [2.75, 3.05) is 6.26 Å². The summed E-state index contributed by atoms with van der Waals surface area (Å²) in [5.74, 6) is 0. The monoisotopic (exact) mass is 279 g/mol. The Morgan fingerprint density at radius 1 is 1.22 bits per heavy atom. The second-order valence-electron chi connectivity index (χ2n) is 3.86. The Balaban J connectivity index is 2.05. The van der Waals surface area contributed by atoms with E-state index in [0.29, 0.717) is 4.90 Å². The first kappa shape index (κ1) is 11.4. The Bertz CT molecular complexity index is 772. The smallest absolute Gasteiger partial charge is 0.212 e. The molecule has 1 aromatic carbocycles. The fourth-order valence-electron chi connectivity index (χ4n) is 1.60. The van der Waals surface area contributed by atoms with Crippen molar-refractivity contribution in [2.24, 2.45) is 0 Å². The molecule has 0 saturated carbocycles. The second-order valence-corrected chi connectivity index (χ2v) is 6.83. The molecule has 18 heavy (non-hydrogen) atoms. The number of rotatable bonds is 2. The van der Waals surface area contributed by atoms with Gasteiger partial charge in [-0.15, -0.1) is 0 Å². The average Bonchev–Trinajstić information content (AvgIpc) is 2.88. The van der Waals surface area contributed by atoms with Crippen LogP contribution >= 0.6 is 11.3 Å². The normalized spacial score (nSPS) is 12.1. The van der Waals surface area contributed by atoms with Gasteiger partial charge in [-0.3, -0.25) is 0 Å². The van der Waals surface area contributed by atoms with E-state index in [1.54, 1.807) is 41.2 Å². The van der Waals surface area contributed by atoms with Crippen LogP contribution in [-0.4, -0.2) is 29.3 Å². The van der Waals surface area contributed by atoms with Crippen molar-refractivity contribution in [2.45, 2.75) is 4.90 Å². The highest BCUT2D eigenvalue weighted by Crippen LogP contribution is 2.25. The molecule has 0 unspecified atom stereocenters. The number of imidazole rings is 1. The number of aromatic nitrogens is 3. The van der Waals surface area contributed by atoms with Crippen LogP contribution in [-0.2, 0) is 9.84 Å². The van der Waals surface area contributed by atoms with Crippen molar-refractivity contribution in [3.8, 4) is 10.6 Å². The fraction of sp³-hybridized carbons (Fsp3) is 0.0909. The van der Waals surface area contributed by atoms with Crippen molar-refractivity contribution in [1.82, 2.24) is 14.6 Å². The number of sulfone groups is 1. The Morgan fingerprint density at radius 2 is 1.94 bits per heavy atom. The van der Waals surface area contributed by atoms with Gasteiger partial charge in [-0.25, -0.2) is 17.9 Å². The largest absolute Gasteiger partial charge is 0.226 e. The van der Waals surface area contributed by atoms with Gasteiger partial charge in [0.2, 0.25) is 4.96 Å². The van der Waals surface area contributed by atoms with Crippen molar-refractivity contribution in [1.29, 1.82) is 0 Å². The minimum absolute atomic E-state index is 0.313. The highest BCUT2D eigenvalue weighted by molar-refractivity contribution is 7.90. The molecule has 3 aromatic rings. The number of nitrogens with zero attached hydrogens (tertiary/aromatic N) is 3. The van der Waals surface area contributed by atoms with Gasteiger partial charge >= 0.3 is 0 Å². The molecular formula is C11H9N3O2S2. The maximum Gasteiger partial charge on any atom is 0.212 e. The van der Waals surface area contributed by atoms with E-state index in [9.17, 15) is 8.42 Å². The Labute approximate surface area is 108 Å². The molecule has 0 bridgehead atoms. The van der Waals surface area contributed by atoms with E-state index in [1.165, 1.54) is 17.6 Å². The molecule has 7 heteroatoms. The molecule has 2 heterocycles. The van der Waals surface area contributed by atoms with Crippen LogP contribution in [0.15, 0.2) is 41.6 Å². The highest BCUT2D eigenvalue weighted by atomic mass is 32.2. The summed E-state index contributed by atoms with van der Waals surface area (Å²) >= 11 is 1.46. The third kappa shape index (κ3) is 1.91. The van der Waals surface area contributed by atoms with Crippen LogP contribution in [0.3, 0.4) is 0 Å². The fourth-order valence-corrected chi connectivity index (χ4v) is 3.09. The predicted molar refractivity (Wildman–Crippen MR) is 69.4 cm³/mol. The Morgan fingerprint density at radius 3 is 2.56 bits per heavy atom. The molecular weight excluding hydrogens is 270 g/mol. The first-order valence-corrected chi connectivity index (χ1v) is 7.85. The molecule has 0 aliphatic heterocycles. The molecule has 0 atom stereocenters. The number of hydrogen-bond donors (Lipinski definition) is 0. The summed E-state index contributed by atoms with van der Waals surface area (Å²) in [4.78, 5) is 5.27. The van der Waals surface area contributed by atoms with Crippen LogP contribution in [0, 0.1) is 0 Å². The second kappa shape index (κ2) is 3.89. The van der Waals surface area contributed by atoms with E-state index in [1.807, 2.05) is 0 Å². The summed E-state index contributed by atoms with van der Waals surface area (Å²) in [6, 6.07) is 6.70. The summed E-state index contributed by atoms with van der Waals surface area (Å²) < 4.78 is 24.4. The van der Waals surface area contributed by atoms with E-state index >= 15 is 0 Å². The van der Waals surface area contributed by atoms with Crippen molar-refractivity contribution < 1.29 is 8.42 Å². The third-order valence-electron chi connectivity index (χ3n) is 2.50. The Kier molecular flexibility index (Phi) is 2.46. The number of fused-ring (bicyclic) bond motifs is 1. The summed E-state index contributed by atoms with van der Waals surface area (Å²) in [6.45, 7) is 0. The van der Waals surface area contributed by atoms with Gasteiger partial charge in [0, 0.05) is 18.0 Å². The van der Waals surface area contributed by atoms with Gasteiger partial charge in [-0.2, -0.15) is 5.10 Å². The van der Waals surface area contributed by atoms with Gasteiger partial charge in [-0.1, -0.05) is 23.5 Å². The molecule has 0 aliphatic carbocycles. The standard InChI is InChI=1S/C11H9N3O2S2/c1-18(15,16)9-4-2-8(3-5-9)10-13-14-7-6-12-11(14)17-10/h2-7H,1H3. The predicted octanol–water partition coefficient (Wildman–Crippen LogP) is 1.86. The lowest BCUT2D eigenvalue weighted by atomic mass is 10.2. The van der Waals surface area contributed by atoms with Gasteiger partial charge in [0.15, 0.2) is 9.84 Å². The summed E-state index contributed by atoms with van der Waals surface area (Å²) in [7, 11) is -3.15. The Hall–Kier alpha value is -1.73. The van der Waals surface area contributed by atoms with E-state index < -0.39 is 9.84 Å². The van der Waals surface area contributed by atoms with Gasteiger partial charge in [0.05, 0.1) is 11.1 Å². The molecule has 0 spiro atoms. The lowest BCUT2D eigenvalue weighted by molar-refractivity contribution is 0.602. The average molecular weight is 279 g/mol. The van der Waals surface area contributed by atoms with E-state index in [4.69, 9.17) is 0 Å². The summed E-state index contributed by atoms with van der Waals surface area (Å²) in [5, 5.41) is 5.18. The molecule has 3 rings (SSSR count). The third-order valence-corrected chi connectivity index (χ3v) is 4.62. The van der Waals surface area contributed by atoms with Gasteiger partial charge in [-0.05, 0) is 12.1 Å². The maximum absolute atomic E-state index is 11.4. The molecule has 0 fully saturated rings. The van der Waals surface area contributed by atoms with Crippen LogP contribution in [0.2, 0.25) is 0 Å². The maximum atomic E-state index is 11.4. The minimum atomic E-state index is -3.15. The number of benzene rings is 1. The molecule has 0 amide bonds. The van der Waals surface area contributed by atoms with Crippen molar-refractivity contribution in [3.05, 3.63) is 36.7 Å². The first-order chi connectivity index (χ1) is 8.54. The van der Waals surface area contributed by atoms with E-state index in [2.05, 4.69) is 10.1 Å². The molecule has 5 nitrogen and oxygen atoms in total. The van der Waals surface area contributed by atoms with Crippen LogP contribution in [0.4, 0.5) is 0 Å². The molecule has 92 valence electrons. The van der Waals surface area contributed by atoms with Crippen molar-refractivity contribution >= 4 is 26.1 Å².